The van der Waals surface area contributed by atoms with Crippen LogP contribution in [0.1, 0.15) is 53.4 Å². The number of fused-ring (bicyclic) bond motifs is 4. The molecule has 3 heterocycles. The first kappa shape index (κ1) is 38.2. The van der Waals surface area contributed by atoms with Crippen molar-refractivity contribution in [3.05, 3.63) is 103 Å². The van der Waals surface area contributed by atoms with E-state index >= 15 is 0 Å². The van der Waals surface area contributed by atoms with Gasteiger partial charge in [-0.2, -0.15) is 0 Å². The van der Waals surface area contributed by atoms with Crippen molar-refractivity contribution in [2.24, 2.45) is 11.8 Å². The van der Waals surface area contributed by atoms with Gasteiger partial charge in [-0.25, -0.2) is 0 Å². The number of ketones is 1. The predicted molar refractivity (Wildman–Crippen MR) is 203 cm³/mol. The number of hydrogen-bond acceptors (Lipinski definition) is 5. The van der Waals surface area contributed by atoms with Crippen molar-refractivity contribution in [1.29, 1.82) is 0 Å². The molecule has 1 N–H and O–H groups in total. The molecule has 0 aliphatic carbocycles. The van der Waals surface area contributed by atoms with Gasteiger partial charge in [-0.05, 0) is 25.7 Å². The number of aliphatic hydroxyl groups excluding tert-OH is 1. The number of para-hydroxylation sites is 1. The molecule has 0 bridgehead atoms. The monoisotopic (exact) mass is 894 g/mol. The van der Waals surface area contributed by atoms with Crippen molar-refractivity contribution in [2.75, 3.05) is 0 Å². The van der Waals surface area contributed by atoms with Crippen LogP contribution in [0.2, 0.25) is 17.3 Å². The summed E-state index contributed by atoms with van der Waals surface area (Å²) >= 11 is -1.99. The van der Waals surface area contributed by atoms with Gasteiger partial charge < -0.3 is 5.11 Å². The van der Waals surface area contributed by atoms with Crippen LogP contribution in [0, 0.1) is 18.0 Å². The largest absolute Gasteiger partial charge is 0 e. The quantitative estimate of drug-likeness (QED) is 0.0642. The molecule has 1 radical (unpaired) electrons. The van der Waals surface area contributed by atoms with Crippen LogP contribution in [0.15, 0.2) is 101 Å². The molecule has 5 nitrogen and oxygen atoms in total. The van der Waals surface area contributed by atoms with E-state index in [1.54, 1.807) is 0 Å². The average Bonchev–Trinajstić information content (AvgIpc) is 3.47. The van der Waals surface area contributed by atoms with E-state index in [-0.39, 0.29) is 43.5 Å². The molecule has 0 saturated heterocycles. The Kier molecular flexibility index (Phi) is 13.2. The van der Waals surface area contributed by atoms with E-state index in [1.165, 1.54) is 27.0 Å². The van der Waals surface area contributed by atoms with Gasteiger partial charge in [0, 0.05) is 38.0 Å². The minimum atomic E-state index is -1.99. The number of nitrogens with zero attached hydrogens (tertiary/aromatic N) is 2. The maximum absolute atomic E-state index is 11.7. The topological polar surface area (TPSA) is 76.2 Å². The SMILES string of the molecule is CCC(CC)C(=O)/C=C(\O)C(CC)CC.[CH3][Ge]([CH3])([CH3])[c]1ccc2nc(-c3[c-]nc4oc5ccccc5c4c3)cc(-c3ccccc3)c2c1.[Ir]. The van der Waals surface area contributed by atoms with Gasteiger partial charge in [-0.15, -0.1) is 0 Å². The second kappa shape index (κ2) is 16.9. The molecule has 0 atom stereocenters. The van der Waals surface area contributed by atoms with Crippen molar-refractivity contribution in [3.63, 3.8) is 0 Å². The van der Waals surface area contributed by atoms with E-state index in [0.717, 1.165) is 58.8 Å². The third-order valence-electron chi connectivity index (χ3n) is 9.30. The fourth-order valence-electron chi connectivity index (χ4n) is 6.16. The van der Waals surface area contributed by atoms with Gasteiger partial charge in [-0.1, -0.05) is 33.8 Å². The number of aromatic nitrogens is 2. The van der Waals surface area contributed by atoms with E-state index in [0.29, 0.717) is 5.71 Å². The maximum Gasteiger partial charge on any atom is 0 e. The molecule has 0 aliphatic rings. The molecular weight excluding hydrogens is 845 g/mol. The number of benzene rings is 3. The minimum Gasteiger partial charge on any atom is 0 e. The number of carbonyl (C=O) groups excluding carboxylic acids is 1. The second-order valence-corrected chi connectivity index (χ2v) is 24.2. The number of hydrogen-bond donors (Lipinski definition) is 1. The summed E-state index contributed by atoms with van der Waals surface area (Å²) in [5.74, 6) is 7.83. The van der Waals surface area contributed by atoms with Gasteiger partial charge >= 0.3 is 190 Å². The third kappa shape index (κ3) is 8.78. The maximum atomic E-state index is 11.7. The van der Waals surface area contributed by atoms with Gasteiger partial charge in [-0.3, -0.25) is 4.79 Å². The first-order valence-corrected chi connectivity index (χ1v) is 24.6. The van der Waals surface area contributed by atoms with Crippen LogP contribution < -0.4 is 4.40 Å². The molecule has 49 heavy (non-hydrogen) atoms. The van der Waals surface area contributed by atoms with Crippen molar-refractivity contribution in [3.8, 4) is 22.4 Å². The minimum absolute atomic E-state index is 0. The number of furan rings is 1. The van der Waals surface area contributed by atoms with Gasteiger partial charge in [0.15, 0.2) is 5.78 Å². The Hall–Kier alpha value is -3.58. The fraction of sp³-hybridized carbons (Fsp3) is 0.310. The molecule has 3 aromatic carbocycles. The molecule has 0 aliphatic heterocycles. The summed E-state index contributed by atoms with van der Waals surface area (Å²) in [4.78, 5) is 21.3. The zero-order valence-corrected chi connectivity index (χ0v) is 34.1. The average molecular weight is 893 g/mol. The van der Waals surface area contributed by atoms with Crippen molar-refractivity contribution < 1.29 is 34.4 Å². The number of allylic oxidation sites excluding steroid dienone is 2. The summed E-state index contributed by atoms with van der Waals surface area (Å²) in [6.45, 7) is 8.07. The number of rotatable bonds is 10. The Bertz CT molecular complexity index is 2060. The molecule has 0 saturated carbocycles. The van der Waals surface area contributed by atoms with Crippen LogP contribution in [0.5, 0.6) is 0 Å². The molecule has 7 heteroatoms. The van der Waals surface area contributed by atoms with Crippen molar-refractivity contribution in [1.82, 2.24) is 9.97 Å². The molecule has 0 unspecified atom stereocenters. The smallest absolute Gasteiger partial charge is 0 e. The molecule has 3 aromatic heterocycles. The van der Waals surface area contributed by atoms with Crippen LogP contribution in [-0.4, -0.2) is 34.1 Å². The summed E-state index contributed by atoms with van der Waals surface area (Å²) in [7, 11) is 0. The fourth-order valence-corrected chi connectivity index (χ4v) is 8.60. The Morgan fingerprint density at radius 2 is 1.47 bits per heavy atom. The summed E-state index contributed by atoms with van der Waals surface area (Å²) in [6.07, 6.45) is 8.08. The molecule has 0 spiro atoms. The number of aliphatic hydroxyl groups is 1. The van der Waals surface area contributed by atoms with Crippen LogP contribution in [0.4, 0.5) is 0 Å². The zero-order valence-electron chi connectivity index (χ0n) is 29.6. The van der Waals surface area contributed by atoms with Gasteiger partial charge in [0.25, 0.3) is 0 Å². The Labute approximate surface area is 307 Å². The third-order valence-corrected chi connectivity index (χ3v) is 13.6. The van der Waals surface area contributed by atoms with Crippen LogP contribution in [0.25, 0.3) is 55.4 Å². The number of carbonyl (C=O) groups is 1. The van der Waals surface area contributed by atoms with Gasteiger partial charge in [0.2, 0.25) is 0 Å². The van der Waals surface area contributed by atoms with Crippen molar-refractivity contribution in [2.45, 2.75) is 70.6 Å². The molecule has 6 rings (SSSR count). The van der Waals surface area contributed by atoms with E-state index < -0.39 is 13.3 Å². The predicted octanol–water partition coefficient (Wildman–Crippen LogP) is 11.1. The molecule has 6 aromatic rings. The normalized spacial score (nSPS) is 12.0. The molecule has 0 amide bonds. The first-order valence-electron chi connectivity index (χ1n) is 17.2. The van der Waals surface area contributed by atoms with E-state index in [1.807, 2.05) is 45.9 Å². The molecule has 257 valence electrons. The van der Waals surface area contributed by atoms with Gasteiger partial charge in [0.05, 0.1) is 5.76 Å². The second-order valence-electron chi connectivity index (χ2n) is 13.5. The van der Waals surface area contributed by atoms with Crippen molar-refractivity contribution >= 4 is 56.4 Å². The Morgan fingerprint density at radius 1 is 0.816 bits per heavy atom. The first-order chi connectivity index (χ1) is 23.1. The van der Waals surface area contributed by atoms with Gasteiger partial charge in [0.1, 0.15) is 0 Å². The van der Waals surface area contributed by atoms with Crippen LogP contribution >= 0.6 is 0 Å². The Morgan fingerprint density at radius 3 is 2.12 bits per heavy atom. The number of pyridine rings is 2. The summed E-state index contributed by atoms with van der Waals surface area (Å²) in [6, 6.07) is 29.7. The summed E-state index contributed by atoms with van der Waals surface area (Å²) < 4.78 is 7.37. The van der Waals surface area contributed by atoms with E-state index in [4.69, 9.17) is 9.40 Å². The van der Waals surface area contributed by atoms with Crippen LogP contribution in [-0.2, 0) is 24.9 Å². The standard InChI is InChI=1S/C29H23GeN2O.C13H24O2.Ir/c1-30(2,3)21-13-14-26-24(16-21)23(19-9-5-4-6-10-19)17-27(32-26)20-15-25-22-11-7-8-12-28(22)33-29(25)31-18-20;1-5-10(6-2)12(14)9-13(15)11(7-3)8-4;/h4-17H,1-3H3;9-11,14H,5-8H2,1-4H3;/q-1;;/b;12-9-;. The molecule has 0 fully saturated rings. The molecular formula is C42H47GeIrN2O3-. The zero-order chi connectivity index (χ0) is 34.4. The van der Waals surface area contributed by atoms with E-state index in [2.05, 4.69) is 95.2 Å². The van der Waals surface area contributed by atoms with E-state index in [9.17, 15) is 9.90 Å². The summed E-state index contributed by atoms with van der Waals surface area (Å²) in [5.41, 5.74) is 6.54. The Balaban J connectivity index is 0.000000290. The summed E-state index contributed by atoms with van der Waals surface area (Å²) in [5, 5.41) is 13.0. The van der Waals surface area contributed by atoms with Crippen LogP contribution in [0.3, 0.4) is 0 Å².